The van der Waals surface area contributed by atoms with Gasteiger partial charge < -0.3 is 0 Å². The molecule has 0 atom stereocenters. The first-order valence-electron chi connectivity index (χ1n) is 5.69. The Balaban J connectivity index is 2.41. The highest BCUT2D eigenvalue weighted by atomic mass is 16.1. The zero-order valence-corrected chi connectivity index (χ0v) is 10.1. The molecule has 2 aromatic heterocycles. The van der Waals surface area contributed by atoms with E-state index in [-0.39, 0.29) is 0 Å². The molecule has 17 heavy (non-hydrogen) atoms. The Morgan fingerprint density at radius 3 is 2.94 bits per heavy atom. The fourth-order valence-corrected chi connectivity index (χ4v) is 1.81. The molecule has 4 nitrogen and oxygen atoms in total. The van der Waals surface area contributed by atoms with Gasteiger partial charge >= 0.3 is 0 Å². The monoisotopic (exact) mass is 229 g/mol. The zero-order valence-electron chi connectivity index (χ0n) is 10.1. The minimum Gasteiger partial charge on any atom is -0.298 e. The predicted molar refractivity (Wildman–Crippen MR) is 65.9 cm³/mol. The molecular formula is C13H15N3O. The Hall–Kier alpha value is -1.97. The van der Waals surface area contributed by atoms with Crippen molar-refractivity contribution in [2.24, 2.45) is 0 Å². The number of aromatic nitrogens is 3. The van der Waals surface area contributed by atoms with Crippen molar-refractivity contribution in [3.63, 3.8) is 0 Å². The van der Waals surface area contributed by atoms with E-state index in [0.717, 1.165) is 36.1 Å². The van der Waals surface area contributed by atoms with Gasteiger partial charge in [-0.15, -0.1) is 0 Å². The molecule has 0 aliphatic rings. The third-order valence-electron chi connectivity index (χ3n) is 2.61. The van der Waals surface area contributed by atoms with Crippen LogP contribution in [-0.2, 0) is 6.54 Å². The van der Waals surface area contributed by atoms with Gasteiger partial charge in [-0.25, -0.2) is 0 Å². The first-order chi connectivity index (χ1) is 8.24. The molecule has 0 bridgehead atoms. The molecular weight excluding hydrogens is 214 g/mol. The van der Waals surface area contributed by atoms with Crippen molar-refractivity contribution in [1.82, 2.24) is 14.8 Å². The summed E-state index contributed by atoms with van der Waals surface area (Å²) in [7, 11) is 0. The Bertz CT molecular complexity index is 531. The number of pyridine rings is 1. The first-order valence-corrected chi connectivity index (χ1v) is 5.69. The molecule has 0 saturated heterocycles. The van der Waals surface area contributed by atoms with Gasteiger partial charge in [0.1, 0.15) is 0 Å². The lowest BCUT2D eigenvalue weighted by Crippen LogP contribution is -1.96. The van der Waals surface area contributed by atoms with Crippen LogP contribution in [-0.4, -0.2) is 21.1 Å². The van der Waals surface area contributed by atoms with Crippen molar-refractivity contribution in [2.45, 2.75) is 26.8 Å². The van der Waals surface area contributed by atoms with Gasteiger partial charge in [0.05, 0.1) is 5.69 Å². The molecule has 0 aliphatic heterocycles. The Labute approximate surface area is 100 Å². The van der Waals surface area contributed by atoms with Crippen LogP contribution in [0.3, 0.4) is 0 Å². The third-order valence-corrected chi connectivity index (χ3v) is 2.61. The van der Waals surface area contributed by atoms with Gasteiger partial charge in [-0.05, 0) is 19.4 Å². The number of aldehydes is 1. The summed E-state index contributed by atoms with van der Waals surface area (Å²) < 4.78 is 1.93. The van der Waals surface area contributed by atoms with Crippen LogP contribution in [0.1, 0.15) is 29.4 Å². The number of hydrogen-bond donors (Lipinski definition) is 0. The third kappa shape index (κ3) is 2.41. The molecule has 0 radical (unpaired) electrons. The van der Waals surface area contributed by atoms with Gasteiger partial charge in [0.2, 0.25) is 0 Å². The predicted octanol–water partition coefficient (Wildman–Crippen LogP) is 2.48. The van der Waals surface area contributed by atoms with Crippen LogP contribution in [0.15, 0.2) is 24.7 Å². The smallest absolute Gasteiger partial charge is 0.151 e. The quantitative estimate of drug-likeness (QED) is 0.757. The molecule has 2 heterocycles. The van der Waals surface area contributed by atoms with Gasteiger partial charge in [-0.1, -0.05) is 6.92 Å². The molecule has 88 valence electrons. The molecule has 0 N–H and O–H groups in total. The summed E-state index contributed by atoms with van der Waals surface area (Å²) in [5.74, 6) is 0. The molecule has 0 amide bonds. The first kappa shape index (κ1) is 11.5. The van der Waals surface area contributed by atoms with Crippen LogP contribution in [0, 0.1) is 6.92 Å². The molecule has 0 aromatic carbocycles. The summed E-state index contributed by atoms with van der Waals surface area (Å²) >= 11 is 0. The second-order valence-corrected chi connectivity index (χ2v) is 4.02. The second kappa shape index (κ2) is 4.91. The lowest BCUT2D eigenvalue weighted by Gasteiger charge is -1.98. The van der Waals surface area contributed by atoms with E-state index in [9.17, 15) is 4.79 Å². The molecule has 0 spiro atoms. The summed E-state index contributed by atoms with van der Waals surface area (Å²) in [6, 6.07) is 1.83. The van der Waals surface area contributed by atoms with Gasteiger partial charge in [0.15, 0.2) is 6.29 Å². The summed E-state index contributed by atoms with van der Waals surface area (Å²) in [6.45, 7) is 4.99. The van der Waals surface area contributed by atoms with Gasteiger partial charge in [-0.2, -0.15) is 5.10 Å². The maximum absolute atomic E-state index is 10.7. The lowest BCUT2D eigenvalue weighted by molar-refractivity contribution is 0.112. The summed E-state index contributed by atoms with van der Waals surface area (Å²) in [5, 5.41) is 4.43. The van der Waals surface area contributed by atoms with Gasteiger partial charge in [-0.3, -0.25) is 14.5 Å². The number of hydrogen-bond acceptors (Lipinski definition) is 3. The van der Waals surface area contributed by atoms with E-state index in [1.165, 1.54) is 0 Å². The van der Waals surface area contributed by atoms with Crippen molar-refractivity contribution in [2.75, 3.05) is 0 Å². The SMILES string of the molecule is CCCn1cc(-c2cncc(C=O)c2)c(C)n1. The van der Waals surface area contributed by atoms with E-state index in [1.807, 2.05) is 23.9 Å². The van der Waals surface area contributed by atoms with E-state index in [0.29, 0.717) is 5.56 Å². The molecule has 0 fully saturated rings. The van der Waals surface area contributed by atoms with Crippen molar-refractivity contribution >= 4 is 6.29 Å². The minimum atomic E-state index is 0.588. The normalized spacial score (nSPS) is 10.5. The summed E-state index contributed by atoms with van der Waals surface area (Å²) in [6.07, 6.45) is 7.18. The van der Waals surface area contributed by atoms with Crippen LogP contribution in [0.2, 0.25) is 0 Å². The van der Waals surface area contributed by atoms with Crippen molar-refractivity contribution in [1.29, 1.82) is 0 Å². The van der Waals surface area contributed by atoms with Crippen LogP contribution in [0.5, 0.6) is 0 Å². The average Bonchev–Trinajstić information content (AvgIpc) is 2.71. The fourth-order valence-electron chi connectivity index (χ4n) is 1.81. The van der Waals surface area contributed by atoms with Gasteiger partial charge in [0.25, 0.3) is 0 Å². The number of carbonyl (C=O) groups excluding carboxylic acids is 1. The van der Waals surface area contributed by atoms with E-state index in [2.05, 4.69) is 17.0 Å². The summed E-state index contributed by atoms with van der Waals surface area (Å²) in [5.41, 5.74) is 3.53. The average molecular weight is 229 g/mol. The molecule has 0 aliphatic carbocycles. The van der Waals surface area contributed by atoms with Gasteiger partial charge in [0, 0.05) is 41.8 Å². The van der Waals surface area contributed by atoms with E-state index < -0.39 is 0 Å². The number of rotatable bonds is 4. The standard InChI is InChI=1S/C13H15N3O/c1-3-4-16-8-13(10(2)15-16)12-5-11(9-17)6-14-7-12/h5-9H,3-4H2,1-2H3. The molecule has 4 heteroatoms. The number of carbonyl (C=O) groups is 1. The van der Waals surface area contributed by atoms with Crippen LogP contribution >= 0.6 is 0 Å². The number of nitrogens with zero attached hydrogens (tertiary/aromatic N) is 3. The molecule has 2 aromatic rings. The topological polar surface area (TPSA) is 47.8 Å². The van der Waals surface area contributed by atoms with Crippen molar-refractivity contribution < 1.29 is 4.79 Å². The van der Waals surface area contributed by atoms with E-state index in [4.69, 9.17) is 0 Å². The minimum absolute atomic E-state index is 0.588. The maximum atomic E-state index is 10.7. The molecule has 0 unspecified atom stereocenters. The maximum Gasteiger partial charge on any atom is 0.151 e. The van der Waals surface area contributed by atoms with Crippen LogP contribution in [0.4, 0.5) is 0 Å². The zero-order chi connectivity index (χ0) is 12.3. The fraction of sp³-hybridized carbons (Fsp3) is 0.308. The summed E-state index contributed by atoms with van der Waals surface area (Å²) in [4.78, 5) is 14.8. The van der Waals surface area contributed by atoms with Crippen LogP contribution in [0.25, 0.3) is 11.1 Å². The highest BCUT2D eigenvalue weighted by molar-refractivity contribution is 5.78. The highest BCUT2D eigenvalue weighted by Gasteiger charge is 2.07. The van der Waals surface area contributed by atoms with E-state index >= 15 is 0 Å². The van der Waals surface area contributed by atoms with E-state index in [1.54, 1.807) is 12.4 Å². The Kier molecular flexibility index (Phi) is 3.32. The van der Waals surface area contributed by atoms with Crippen LogP contribution < -0.4 is 0 Å². The van der Waals surface area contributed by atoms with Crippen molar-refractivity contribution in [3.8, 4) is 11.1 Å². The highest BCUT2D eigenvalue weighted by Crippen LogP contribution is 2.22. The van der Waals surface area contributed by atoms with Crippen molar-refractivity contribution in [3.05, 3.63) is 35.9 Å². The lowest BCUT2D eigenvalue weighted by atomic mass is 10.1. The molecule has 0 saturated carbocycles. The Morgan fingerprint density at radius 1 is 1.41 bits per heavy atom. The molecule has 2 rings (SSSR count). The Morgan fingerprint density at radius 2 is 2.24 bits per heavy atom. The second-order valence-electron chi connectivity index (χ2n) is 4.02. The number of aryl methyl sites for hydroxylation is 2. The largest absolute Gasteiger partial charge is 0.298 e.